The van der Waals surface area contributed by atoms with Crippen LogP contribution in [0.25, 0.3) is 0 Å². The van der Waals surface area contributed by atoms with Crippen molar-refractivity contribution < 1.29 is 0 Å². The average molecular weight is 216 g/mol. The van der Waals surface area contributed by atoms with Crippen molar-refractivity contribution in [1.29, 1.82) is 5.26 Å². The van der Waals surface area contributed by atoms with Crippen molar-refractivity contribution in [3.05, 3.63) is 17.5 Å². The van der Waals surface area contributed by atoms with Gasteiger partial charge in [-0.15, -0.1) is 0 Å². The largest absolute Gasteiger partial charge is 0.341 e. The van der Waals surface area contributed by atoms with Crippen molar-refractivity contribution in [3.8, 4) is 6.07 Å². The molecule has 0 radical (unpaired) electrons. The average Bonchev–Trinajstić information content (AvgIpc) is 2.28. The third kappa shape index (κ3) is 2.30. The predicted octanol–water partition coefficient (Wildman–Crippen LogP) is 1.89. The van der Waals surface area contributed by atoms with Gasteiger partial charge in [-0.3, -0.25) is 0 Å². The Hall–Kier alpha value is -1.63. The molecule has 0 amide bonds. The summed E-state index contributed by atoms with van der Waals surface area (Å²) >= 11 is 0. The van der Waals surface area contributed by atoms with Crippen LogP contribution in [0.2, 0.25) is 0 Å². The minimum atomic E-state index is 0.459. The molecule has 1 fully saturated rings. The monoisotopic (exact) mass is 216 g/mol. The topological polar surface area (TPSA) is 52.8 Å². The number of nitriles is 1. The standard InChI is InChI=1S/C12H16N4/c1-9-4-3-5-16(8-9)12-14-10(2)6-11(7-13)15-12/h6,9H,3-5,8H2,1-2H3. The fraction of sp³-hybridized carbons (Fsp3) is 0.583. The van der Waals surface area contributed by atoms with Gasteiger partial charge in [-0.05, 0) is 31.7 Å². The first kappa shape index (κ1) is 10.9. The van der Waals surface area contributed by atoms with Crippen molar-refractivity contribution in [3.63, 3.8) is 0 Å². The first-order chi connectivity index (χ1) is 7.69. The number of piperidine rings is 1. The van der Waals surface area contributed by atoms with Gasteiger partial charge in [0.05, 0.1) is 0 Å². The summed E-state index contributed by atoms with van der Waals surface area (Å²) in [5, 5.41) is 8.88. The molecule has 0 N–H and O–H groups in total. The summed E-state index contributed by atoms with van der Waals surface area (Å²) in [6.45, 7) is 6.14. The van der Waals surface area contributed by atoms with E-state index in [1.807, 2.05) is 6.92 Å². The van der Waals surface area contributed by atoms with E-state index in [0.29, 0.717) is 17.6 Å². The summed E-state index contributed by atoms with van der Waals surface area (Å²) in [7, 11) is 0. The minimum Gasteiger partial charge on any atom is -0.341 e. The molecule has 1 aromatic heterocycles. The maximum atomic E-state index is 8.88. The van der Waals surface area contributed by atoms with E-state index in [9.17, 15) is 0 Å². The highest BCUT2D eigenvalue weighted by atomic mass is 15.3. The fourth-order valence-corrected chi connectivity index (χ4v) is 2.12. The van der Waals surface area contributed by atoms with Crippen molar-refractivity contribution >= 4 is 5.95 Å². The number of rotatable bonds is 1. The van der Waals surface area contributed by atoms with Gasteiger partial charge >= 0.3 is 0 Å². The lowest BCUT2D eigenvalue weighted by atomic mass is 10.0. The second-order valence-corrected chi connectivity index (χ2v) is 4.50. The van der Waals surface area contributed by atoms with Crippen LogP contribution in [0.15, 0.2) is 6.07 Å². The van der Waals surface area contributed by atoms with E-state index >= 15 is 0 Å². The van der Waals surface area contributed by atoms with Gasteiger partial charge in [-0.2, -0.15) is 5.26 Å². The van der Waals surface area contributed by atoms with Gasteiger partial charge in [-0.25, -0.2) is 9.97 Å². The van der Waals surface area contributed by atoms with E-state index in [2.05, 4.69) is 27.9 Å². The molecule has 4 nitrogen and oxygen atoms in total. The van der Waals surface area contributed by atoms with Crippen LogP contribution < -0.4 is 4.90 Å². The lowest BCUT2D eigenvalue weighted by molar-refractivity contribution is 0.441. The van der Waals surface area contributed by atoms with E-state index in [1.165, 1.54) is 12.8 Å². The van der Waals surface area contributed by atoms with Gasteiger partial charge in [0, 0.05) is 18.8 Å². The number of hydrogen-bond donors (Lipinski definition) is 0. The van der Waals surface area contributed by atoms with Crippen LogP contribution in [-0.2, 0) is 0 Å². The van der Waals surface area contributed by atoms with E-state index in [4.69, 9.17) is 5.26 Å². The predicted molar refractivity (Wildman–Crippen MR) is 62.1 cm³/mol. The van der Waals surface area contributed by atoms with Crippen LogP contribution >= 0.6 is 0 Å². The smallest absolute Gasteiger partial charge is 0.226 e. The molecule has 2 heterocycles. The second kappa shape index (κ2) is 4.48. The quantitative estimate of drug-likeness (QED) is 0.719. The Morgan fingerprint density at radius 3 is 3.00 bits per heavy atom. The van der Waals surface area contributed by atoms with E-state index in [0.717, 1.165) is 18.8 Å². The van der Waals surface area contributed by atoms with E-state index in [1.54, 1.807) is 6.07 Å². The summed E-state index contributed by atoms with van der Waals surface area (Å²) in [6.07, 6.45) is 2.45. The highest BCUT2D eigenvalue weighted by molar-refractivity contribution is 5.36. The van der Waals surface area contributed by atoms with Gasteiger partial charge in [0.25, 0.3) is 0 Å². The maximum Gasteiger partial charge on any atom is 0.226 e. The summed E-state index contributed by atoms with van der Waals surface area (Å²) in [4.78, 5) is 10.9. The van der Waals surface area contributed by atoms with Gasteiger partial charge < -0.3 is 4.90 Å². The van der Waals surface area contributed by atoms with Crippen molar-refractivity contribution in [2.24, 2.45) is 5.92 Å². The highest BCUT2D eigenvalue weighted by Gasteiger charge is 2.19. The van der Waals surface area contributed by atoms with Crippen molar-refractivity contribution in [2.75, 3.05) is 18.0 Å². The summed E-state index contributed by atoms with van der Waals surface area (Å²) in [5.41, 5.74) is 1.32. The van der Waals surface area contributed by atoms with Crippen LogP contribution in [0, 0.1) is 24.2 Å². The molecule has 1 atom stereocenters. The lowest BCUT2D eigenvalue weighted by Gasteiger charge is -2.30. The molecule has 1 aromatic rings. The fourth-order valence-electron chi connectivity index (χ4n) is 2.12. The maximum absolute atomic E-state index is 8.88. The molecule has 1 saturated heterocycles. The number of anilines is 1. The first-order valence-corrected chi connectivity index (χ1v) is 5.70. The Balaban J connectivity index is 2.26. The second-order valence-electron chi connectivity index (χ2n) is 4.50. The third-order valence-electron chi connectivity index (χ3n) is 2.90. The zero-order valence-electron chi connectivity index (χ0n) is 9.77. The summed E-state index contributed by atoms with van der Waals surface area (Å²) < 4.78 is 0. The molecular formula is C12H16N4. The van der Waals surface area contributed by atoms with Crippen LogP contribution in [-0.4, -0.2) is 23.1 Å². The Kier molecular flexibility index (Phi) is 3.04. The van der Waals surface area contributed by atoms with Crippen LogP contribution in [0.4, 0.5) is 5.95 Å². The number of aryl methyl sites for hydroxylation is 1. The molecule has 84 valence electrons. The SMILES string of the molecule is Cc1cc(C#N)nc(N2CCCC(C)C2)n1. The zero-order valence-corrected chi connectivity index (χ0v) is 9.77. The van der Waals surface area contributed by atoms with Gasteiger partial charge in [0.15, 0.2) is 0 Å². The molecule has 2 rings (SSSR count). The number of aromatic nitrogens is 2. The molecule has 0 aliphatic carbocycles. The van der Waals surface area contributed by atoms with Crippen molar-refractivity contribution in [2.45, 2.75) is 26.7 Å². The highest BCUT2D eigenvalue weighted by Crippen LogP contribution is 2.20. The number of nitrogens with zero attached hydrogens (tertiary/aromatic N) is 4. The van der Waals surface area contributed by atoms with Crippen LogP contribution in [0.5, 0.6) is 0 Å². The molecule has 1 aliphatic heterocycles. The molecule has 0 saturated carbocycles. The molecule has 0 spiro atoms. The Bertz CT molecular complexity index is 422. The molecule has 0 bridgehead atoms. The van der Waals surface area contributed by atoms with Crippen molar-refractivity contribution in [1.82, 2.24) is 9.97 Å². The zero-order chi connectivity index (χ0) is 11.5. The van der Waals surface area contributed by atoms with Gasteiger partial charge in [0.1, 0.15) is 11.8 Å². The third-order valence-corrected chi connectivity index (χ3v) is 2.90. The van der Waals surface area contributed by atoms with Crippen LogP contribution in [0.3, 0.4) is 0 Å². The Morgan fingerprint density at radius 2 is 2.31 bits per heavy atom. The summed E-state index contributed by atoms with van der Waals surface area (Å²) in [5.74, 6) is 1.39. The lowest BCUT2D eigenvalue weighted by Crippen LogP contribution is -2.35. The molecular weight excluding hydrogens is 200 g/mol. The molecule has 0 aromatic carbocycles. The van der Waals surface area contributed by atoms with E-state index < -0.39 is 0 Å². The van der Waals surface area contributed by atoms with Gasteiger partial charge in [-0.1, -0.05) is 6.92 Å². The molecule has 4 heteroatoms. The molecule has 1 unspecified atom stereocenters. The molecule has 16 heavy (non-hydrogen) atoms. The van der Waals surface area contributed by atoms with Gasteiger partial charge in [0.2, 0.25) is 5.95 Å². The molecule has 1 aliphatic rings. The minimum absolute atomic E-state index is 0.459. The Morgan fingerprint density at radius 1 is 1.50 bits per heavy atom. The normalized spacial score (nSPS) is 20.6. The summed E-state index contributed by atoms with van der Waals surface area (Å²) in [6, 6.07) is 3.80. The van der Waals surface area contributed by atoms with Crippen LogP contribution in [0.1, 0.15) is 31.2 Å². The Labute approximate surface area is 95.9 Å². The number of hydrogen-bond acceptors (Lipinski definition) is 4. The first-order valence-electron chi connectivity index (χ1n) is 5.70. The van der Waals surface area contributed by atoms with E-state index in [-0.39, 0.29) is 0 Å².